The Bertz CT molecular complexity index is 644. The van der Waals surface area contributed by atoms with Crippen molar-refractivity contribution in [3.05, 3.63) is 41.8 Å². The van der Waals surface area contributed by atoms with Crippen LogP contribution in [0, 0.1) is 5.82 Å². The van der Waals surface area contributed by atoms with Crippen molar-refractivity contribution >= 4 is 14.1 Å². The van der Waals surface area contributed by atoms with Crippen LogP contribution in [0.1, 0.15) is 26.5 Å². The lowest BCUT2D eigenvalue weighted by Crippen LogP contribution is -2.40. The number of anilines is 1. The van der Waals surface area contributed by atoms with Crippen LogP contribution in [0.3, 0.4) is 0 Å². The van der Waals surface area contributed by atoms with Crippen LogP contribution in [0.4, 0.5) is 10.2 Å². The van der Waals surface area contributed by atoms with Gasteiger partial charge in [0, 0.05) is 6.07 Å². The summed E-state index contributed by atoms with van der Waals surface area (Å²) >= 11 is 0. The van der Waals surface area contributed by atoms with Gasteiger partial charge in [-0.15, -0.1) is 0 Å². The number of nitrogens with two attached hydrogens (primary N) is 1. The van der Waals surface area contributed by atoms with Crippen molar-refractivity contribution in [2.75, 3.05) is 5.73 Å². The van der Waals surface area contributed by atoms with Crippen LogP contribution in [-0.2, 0) is 11.0 Å². The fourth-order valence-electron chi connectivity index (χ4n) is 1.78. The largest absolute Gasteiger partial charge is 0.411 e. The number of nitrogens with zero attached hydrogens (tertiary/aromatic N) is 2. The molecule has 0 aliphatic rings. The summed E-state index contributed by atoms with van der Waals surface area (Å²) in [4.78, 5) is 0. The third-order valence-electron chi connectivity index (χ3n) is 4.25. The minimum absolute atomic E-state index is 0.151. The van der Waals surface area contributed by atoms with Gasteiger partial charge in [0.2, 0.25) is 0 Å². The van der Waals surface area contributed by atoms with Gasteiger partial charge in [-0.2, -0.15) is 5.10 Å². The molecule has 0 aliphatic carbocycles. The number of aromatic nitrogens is 2. The molecule has 1 heterocycles. The Labute approximate surface area is 132 Å². The monoisotopic (exact) mass is 321 g/mol. The van der Waals surface area contributed by atoms with Crippen LogP contribution in [0.15, 0.2) is 30.3 Å². The van der Waals surface area contributed by atoms with E-state index in [0.29, 0.717) is 12.4 Å². The predicted octanol–water partition coefficient (Wildman–Crippen LogP) is 4.12. The second-order valence-corrected chi connectivity index (χ2v) is 11.8. The summed E-state index contributed by atoms with van der Waals surface area (Å²) in [6.45, 7) is 11.4. The Morgan fingerprint density at radius 1 is 1.23 bits per heavy atom. The molecule has 2 aromatic rings. The summed E-state index contributed by atoms with van der Waals surface area (Å²) < 4.78 is 20.7. The number of hydrogen-bond donors (Lipinski definition) is 1. The molecule has 0 fully saturated rings. The molecule has 1 aromatic heterocycles. The fourth-order valence-corrected chi connectivity index (χ4v) is 2.72. The highest BCUT2D eigenvalue weighted by atomic mass is 28.4. The summed E-state index contributed by atoms with van der Waals surface area (Å²) in [5.74, 6) is 0.233. The SMILES string of the molecule is CC(C)(C)[Si](C)(C)OCc1cc(N)n(-c2ccc(F)cc2)n1. The zero-order valence-electron chi connectivity index (χ0n) is 13.9. The first-order valence-electron chi connectivity index (χ1n) is 7.34. The molecule has 120 valence electrons. The molecular formula is C16H24FN3OSi. The lowest BCUT2D eigenvalue weighted by molar-refractivity contribution is 0.271. The van der Waals surface area contributed by atoms with Crippen molar-refractivity contribution in [2.45, 2.75) is 45.5 Å². The molecule has 1 aromatic carbocycles. The van der Waals surface area contributed by atoms with E-state index in [9.17, 15) is 4.39 Å². The van der Waals surface area contributed by atoms with Gasteiger partial charge in [-0.1, -0.05) is 20.8 Å². The summed E-state index contributed by atoms with van der Waals surface area (Å²) in [6, 6.07) is 7.88. The minimum Gasteiger partial charge on any atom is -0.411 e. The smallest absolute Gasteiger partial charge is 0.192 e. The van der Waals surface area contributed by atoms with E-state index >= 15 is 0 Å². The first-order chi connectivity index (χ1) is 10.1. The summed E-state index contributed by atoms with van der Waals surface area (Å²) in [5, 5.41) is 4.61. The molecule has 4 nitrogen and oxygen atoms in total. The molecule has 0 spiro atoms. The molecular weight excluding hydrogens is 297 g/mol. The van der Waals surface area contributed by atoms with Gasteiger partial charge in [0.15, 0.2) is 8.32 Å². The maximum atomic E-state index is 13.0. The third-order valence-corrected chi connectivity index (χ3v) is 8.72. The van der Waals surface area contributed by atoms with E-state index < -0.39 is 8.32 Å². The Kier molecular flexibility index (Phi) is 4.44. The maximum Gasteiger partial charge on any atom is 0.192 e. The highest BCUT2D eigenvalue weighted by Crippen LogP contribution is 2.37. The molecule has 0 bridgehead atoms. The lowest BCUT2D eigenvalue weighted by Gasteiger charge is -2.35. The molecule has 2 rings (SSSR count). The normalized spacial score (nSPS) is 12.6. The molecule has 0 radical (unpaired) electrons. The second-order valence-electron chi connectivity index (χ2n) is 7.00. The summed E-state index contributed by atoms with van der Waals surface area (Å²) in [6.07, 6.45) is 0. The van der Waals surface area contributed by atoms with Gasteiger partial charge in [0.1, 0.15) is 11.6 Å². The van der Waals surface area contributed by atoms with Crippen LogP contribution in [0.25, 0.3) is 5.69 Å². The van der Waals surface area contributed by atoms with Gasteiger partial charge in [0.05, 0.1) is 18.0 Å². The minimum atomic E-state index is -1.82. The van der Waals surface area contributed by atoms with Crippen molar-refractivity contribution in [2.24, 2.45) is 0 Å². The zero-order chi connectivity index (χ0) is 16.5. The number of benzene rings is 1. The average Bonchev–Trinajstić information content (AvgIpc) is 2.77. The molecule has 0 atom stereocenters. The van der Waals surface area contributed by atoms with Crippen LogP contribution < -0.4 is 5.73 Å². The van der Waals surface area contributed by atoms with Gasteiger partial charge < -0.3 is 10.2 Å². The van der Waals surface area contributed by atoms with Gasteiger partial charge in [-0.05, 0) is 42.4 Å². The highest BCUT2D eigenvalue weighted by Gasteiger charge is 2.37. The van der Waals surface area contributed by atoms with Gasteiger partial charge in [0.25, 0.3) is 0 Å². The standard InChI is InChI=1S/C16H24FN3OSi/c1-16(2,3)22(4,5)21-11-13-10-15(18)20(19-13)14-8-6-12(17)7-9-14/h6-10H,11,18H2,1-5H3. The van der Waals surface area contributed by atoms with E-state index in [0.717, 1.165) is 11.4 Å². The molecule has 22 heavy (non-hydrogen) atoms. The first-order valence-corrected chi connectivity index (χ1v) is 10.3. The van der Waals surface area contributed by atoms with Crippen LogP contribution >= 0.6 is 0 Å². The number of hydrogen-bond acceptors (Lipinski definition) is 3. The quantitative estimate of drug-likeness (QED) is 0.862. The molecule has 0 aliphatic heterocycles. The van der Waals surface area contributed by atoms with Crippen LogP contribution in [0.5, 0.6) is 0 Å². The van der Waals surface area contributed by atoms with Crippen LogP contribution in [-0.4, -0.2) is 18.1 Å². The van der Waals surface area contributed by atoms with Crippen molar-refractivity contribution in [1.29, 1.82) is 0 Å². The third kappa shape index (κ3) is 3.56. The van der Waals surface area contributed by atoms with Gasteiger partial charge in [-0.25, -0.2) is 9.07 Å². The Morgan fingerprint density at radius 3 is 2.36 bits per heavy atom. The number of nitrogen functional groups attached to an aromatic ring is 1. The predicted molar refractivity (Wildman–Crippen MR) is 89.9 cm³/mol. The Balaban J connectivity index is 2.15. The Morgan fingerprint density at radius 2 is 1.82 bits per heavy atom. The van der Waals surface area contributed by atoms with Crippen molar-refractivity contribution in [1.82, 2.24) is 9.78 Å². The lowest BCUT2D eigenvalue weighted by atomic mass is 10.2. The first kappa shape index (κ1) is 16.7. The van der Waals surface area contributed by atoms with Crippen molar-refractivity contribution in [3.8, 4) is 5.69 Å². The molecule has 0 saturated carbocycles. The Hall–Kier alpha value is -1.66. The molecule has 6 heteroatoms. The van der Waals surface area contributed by atoms with E-state index in [-0.39, 0.29) is 10.9 Å². The zero-order valence-corrected chi connectivity index (χ0v) is 14.9. The highest BCUT2D eigenvalue weighted by molar-refractivity contribution is 6.74. The van der Waals surface area contributed by atoms with Gasteiger partial charge in [-0.3, -0.25) is 0 Å². The van der Waals surface area contributed by atoms with E-state index in [4.69, 9.17) is 10.2 Å². The maximum absolute atomic E-state index is 13.0. The molecule has 0 saturated heterocycles. The van der Waals surface area contributed by atoms with E-state index in [1.54, 1.807) is 22.9 Å². The van der Waals surface area contributed by atoms with Crippen molar-refractivity contribution < 1.29 is 8.82 Å². The number of halogens is 1. The van der Waals surface area contributed by atoms with Crippen molar-refractivity contribution in [3.63, 3.8) is 0 Å². The molecule has 0 unspecified atom stereocenters. The summed E-state index contributed by atoms with van der Waals surface area (Å²) in [5.41, 5.74) is 7.52. The molecule has 2 N–H and O–H groups in total. The summed E-state index contributed by atoms with van der Waals surface area (Å²) in [7, 11) is -1.82. The van der Waals surface area contributed by atoms with E-state index in [2.05, 4.69) is 39.0 Å². The number of rotatable bonds is 4. The second kappa shape index (κ2) is 5.85. The molecule has 0 amide bonds. The topological polar surface area (TPSA) is 53.1 Å². The van der Waals surface area contributed by atoms with E-state index in [1.807, 2.05) is 0 Å². The average molecular weight is 321 g/mol. The van der Waals surface area contributed by atoms with Gasteiger partial charge >= 0.3 is 0 Å². The van der Waals surface area contributed by atoms with E-state index in [1.165, 1.54) is 12.1 Å². The fraction of sp³-hybridized carbons (Fsp3) is 0.438. The van der Waals surface area contributed by atoms with Crippen LogP contribution in [0.2, 0.25) is 18.1 Å².